The molecule has 0 spiro atoms. The Labute approximate surface area is 198 Å². The zero-order chi connectivity index (χ0) is 23.0. The third-order valence-electron chi connectivity index (χ3n) is 6.52. The molecule has 3 heterocycles. The van der Waals surface area contributed by atoms with Gasteiger partial charge < -0.3 is 15.1 Å². The van der Waals surface area contributed by atoms with Crippen molar-refractivity contribution in [2.75, 3.05) is 44.2 Å². The summed E-state index contributed by atoms with van der Waals surface area (Å²) in [5, 5.41) is 3.74. The van der Waals surface area contributed by atoms with E-state index in [1.54, 1.807) is 40.5 Å². The summed E-state index contributed by atoms with van der Waals surface area (Å²) in [5.41, 5.74) is 2.50. The minimum absolute atomic E-state index is 0.172. The van der Waals surface area contributed by atoms with Gasteiger partial charge in [0.25, 0.3) is 5.91 Å². The van der Waals surface area contributed by atoms with Crippen LogP contribution in [0.5, 0.6) is 0 Å². The van der Waals surface area contributed by atoms with Crippen molar-refractivity contribution >= 4 is 42.4 Å². The average Bonchev–Trinajstić information content (AvgIpc) is 3.27. The van der Waals surface area contributed by atoms with Gasteiger partial charge in [-0.3, -0.25) is 4.79 Å². The van der Waals surface area contributed by atoms with Gasteiger partial charge in [-0.2, -0.15) is 0 Å². The summed E-state index contributed by atoms with van der Waals surface area (Å²) in [6, 6.07) is 13.0. The van der Waals surface area contributed by atoms with Gasteiger partial charge in [0.2, 0.25) is 0 Å². The van der Waals surface area contributed by atoms with E-state index in [0.717, 1.165) is 10.6 Å². The fraction of sp³-hybridized carbons (Fsp3) is 0.417. The Kier molecular flexibility index (Phi) is 6.11. The molecule has 2 aliphatic heterocycles. The number of hydrogen-bond acceptors (Lipinski definition) is 7. The van der Waals surface area contributed by atoms with Crippen LogP contribution in [-0.4, -0.2) is 68.7 Å². The largest absolute Gasteiger partial charge is 0.345 e. The monoisotopic (exact) mass is 484 g/mol. The van der Waals surface area contributed by atoms with Crippen LogP contribution in [0, 0.1) is 6.92 Å². The highest BCUT2D eigenvalue weighted by atomic mass is 32.2. The number of aromatic nitrogens is 1. The van der Waals surface area contributed by atoms with E-state index >= 15 is 0 Å². The topological polar surface area (TPSA) is 82.6 Å². The fourth-order valence-electron chi connectivity index (χ4n) is 4.60. The van der Waals surface area contributed by atoms with Gasteiger partial charge >= 0.3 is 0 Å². The number of carbonyl (C=O) groups excluding carboxylic acids is 1. The smallest absolute Gasteiger partial charge is 0.255 e. The van der Waals surface area contributed by atoms with Crippen molar-refractivity contribution in [2.45, 2.75) is 29.9 Å². The van der Waals surface area contributed by atoms with E-state index in [1.807, 2.05) is 6.07 Å². The highest BCUT2D eigenvalue weighted by molar-refractivity contribution is 7.92. The number of nitrogens with zero attached hydrogens (tertiary/aromatic N) is 3. The predicted octanol–water partition coefficient (Wildman–Crippen LogP) is 3.09. The number of piperidine rings is 1. The van der Waals surface area contributed by atoms with E-state index in [-0.39, 0.29) is 10.8 Å². The van der Waals surface area contributed by atoms with Crippen molar-refractivity contribution in [3.63, 3.8) is 0 Å². The zero-order valence-electron chi connectivity index (χ0n) is 18.7. The van der Waals surface area contributed by atoms with Gasteiger partial charge in [0.1, 0.15) is 0 Å². The molecule has 0 saturated carbocycles. The lowest BCUT2D eigenvalue weighted by atomic mass is 10.1. The number of hydrogen-bond donors (Lipinski definition) is 1. The molecule has 1 amide bonds. The molecule has 9 heteroatoms. The molecule has 2 saturated heterocycles. The van der Waals surface area contributed by atoms with Gasteiger partial charge in [-0.05, 0) is 62.7 Å². The number of benzene rings is 2. The molecule has 2 fully saturated rings. The lowest BCUT2D eigenvalue weighted by Crippen LogP contribution is -2.49. The van der Waals surface area contributed by atoms with E-state index in [1.165, 1.54) is 10.3 Å². The minimum atomic E-state index is -3.55. The lowest BCUT2D eigenvalue weighted by Gasteiger charge is -2.35. The standard InChI is InChI=1S/C24H28N4O3S2/c1-17-6-7-20-21(16-17)32-24(26-20)28-14-12-27(13-15-28)23(29)19-4-2-3-5-22(19)33(30,31)18-8-10-25-11-9-18/h2-7,16,18,25H,8-15H2,1H3. The van der Waals surface area contributed by atoms with Crippen molar-refractivity contribution in [1.29, 1.82) is 0 Å². The molecule has 2 aliphatic rings. The summed E-state index contributed by atoms with van der Waals surface area (Å²) < 4.78 is 27.8. The molecule has 0 radical (unpaired) electrons. The molecule has 174 valence electrons. The SMILES string of the molecule is Cc1ccc2nc(N3CCN(C(=O)c4ccccc4S(=O)(=O)C4CCNCC4)CC3)sc2c1. The van der Waals surface area contributed by atoms with Crippen LogP contribution in [0.3, 0.4) is 0 Å². The number of fused-ring (bicyclic) bond motifs is 1. The number of piperazine rings is 1. The van der Waals surface area contributed by atoms with Gasteiger partial charge in [0.15, 0.2) is 15.0 Å². The number of nitrogens with one attached hydrogen (secondary N) is 1. The highest BCUT2D eigenvalue weighted by Crippen LogP contribution is 2.31. The van der Waals surface area contributed by atoms with Crippen LogP contribution in [0.1, 0.15) is 28.8 Å². The first kappa shape index (κ1) is 22.3. The molecule has 33 heavy (non-hydrogen) atoms. The number of thiazole rings is 1. The first-order valence-corrected chi connectivity index (χ1v) is 13.7. The Balaban J connectivity index is 1.32. The summed E-state index contributed by atoms with van der Waals surface area (Å²) in [7, 11) is -3.55. The van der Waals surface area contributed by atoms with Crippen LogP contribution < -0.4 is 10.2 Å². The van der Waals surface area contributed by atoms with Crippen LogP contribution in [0.15, 0.2) is 47.4 Å². The van der Waals surface area contributed by atoms with Crippen LogP contribution in [0.25, 0.3) is 10.2 Å². The van der Waals surface area contributed by atoms with Crippen molar-refractivity contribution in [3.8, 4) is 0 Å². The van der Waals surface area contributed by atoms with E-state index in [9.17, 15) is 13.2 Å². The van der Waals surface area contributed by atoms with Gasteiger partial charge in [0.05, 0.1) is 25.9 Å². The summed E-state index contributed by atoms with van der Waals surface area (Å²) in [4.78, 5) is 22.3. The Hall–Kier alpha value is -2.49. The predicted molar refractivity (Wildman–Crippen MR) is 132 cm³/mol. The van der Waals surface area contributed by atoms with E-state index < -0.39 is 15.1 Å². The van der Waals surface area contributed by atoms with Crippen molar-refractivity contribution in [2.24, 2.45) is 0 Å². The second-order valence-corrected chi connectivity index (χ2v) is 11.9. The molecule has 0 aliphatic carbocycles. The number of rotatable bonds is 4. The summed E-state index contributed by atoms with van der Waals surface area (Å²) in [6.45, 7) is 5.87. The summed E-state index contributed by atoms with van der Waals surface area (Å²) in [6.07, 6.45) is 1.15. The maximum atomic E-state index is 13.4. The second kappa shape index (κ2) is 9.04. The van der Waals surface area contributed by atoms with Crippen LogP contribution in [0.4, 0.5) is 5.13 Å². The molecule has 0 unspecified atom stereocenters. The summed E-state index contributed by atoms with van der Waals surface area (Å²) >= 11 is 1.67. The quantitative estimate of drug-likeness (QED) is 0.613. The normalized spacial score (nSPS) is 18.1. The maximum Gasteiger partial charge on any atom is 0.255 e. The molecule has 1 aromatic heterocycles. The van der Waals surface area contributed by atoms with Crippen molar-refractivity contribution in [1.82, 2.24) is 15.2 Å². The first-order chi connectivity index (χ1) is 15.9. The molecule has 1 N–H and O–H groups in total. The molecule has 0 bridgehead atoms. The van der Waals surface area contributed by atoms with Crippen LogP contribution in [-0.2, 0) is 9.84 Å². The Morgan fingerprint density at radius 3 is 2.55 bits per heavy atom. The fourth-order valence-corrected chi connectivity index (χ4v) is 7.66. The number of aryl methyl sites for hydroxylation is 1. The van der Waals surface area contributed by atoms with Crippen molar-refractivity contribution < 1.29 is 13.2 Å². The highest BCUT2D eigenvalue weighted by Gasteiger charge is 2.33. The molecule has 3 aromatic rings. The molecule has 7 nitrogen and oxygen atoms in total. The number of sulfone groups is 1. The maximum absolute atomic E-state index is 13.4. The molecule has 0 atom stereocenters. The van der Waals surface area contributed by atoms with Gasteiger partial charge in [-0.15, -0.1) is 0 Å². The van der Waals surface area contributed by atoms with Crippen LogP contribution in [0.2, 0.25) is 0 Å². The molecule has 5 rings (SSSR count). The molecular weight excluding hydrogens is 456 g/mol. The van der Waals surface area contributed by atoms with Gasteiger partial charge in [-0.25, -0.2) is 13.4 Å². The van der Waals surface area contributed by atoms with E-state index in [4.69, 9.17) is 4.98 Å². The number of carbonyl (C=O) groups is 1. The van der Waals surface area contributed by atoms with E-state index in [2.05, 4.69) is 29.3 Å². The Bertz CT molecular complexity index is 1270. The average molecular weight is 485 g/mol. The van der Waals surface area contributed by atoms with Crippen molar-refractivity contribution in [3.05, 3.63) is 53.6 Å². The zero-order valence-corrected chi connectivity index (χ0v) is 20.3. The third-order valence-corrected chi connectivity index (χ3v) is 9.92. The second-order valence-electron chi connectivity index (χ2n) is 8.74. The molecule has 2 aromatic carbocycles. The number of anilines is 1. The number of amides is 1. The van der Waals surface area contributed by atoms with Gasteiger partial charge in [0, 0.05) is 26.2 Å². The van der Waals surface area contributed by atoms with E-state index in [0.29, 0.717) is 57.7 Å². The van der Waals surface area contributed by atoms with Crippen LogP contribution >= 0.6 is 11.3 Å². The Morgan fingerprint density at radius 2 is 1.79 bits per heavy atom. The Morgan fingerprint density at radius 1 is 1.06 bits per heavy atom. The summed E-state index contributed by atoms with van der Waals surface area (Å²) in [5.74, 6) is -0.206. The lowest BCUT2D eigenvalue weighted by molar-refractivity contribution is 0.0743. The minimum Gasteiger partial charge on any atom is -0.345 e. The first-order valence-electron chi connectivity index (χ1n) is 11.4. The molecular formula is C24H28N4O3S2. The van der Waals surface area contributed by atoms with Gasteiger partial charge in [-0.1, -0.05) is 29.5 Å². The third kappa shape index (κ3) is 4.37.